The lowest BCUT2D eigenvalue weighted by atomic mass is 9.95. The monoisotopic (exact) mass is 337 g/mol. The second kappa shape index (κ2) is 7.83. The van der Waals surface area contributed by atoms with Crippen molar-refractivity contribution < 1.29 is 9.59 Å². The Morgan fingerprint density at radius 3 is 2.56 bits per heavy atom. The minimum Gasteiger partial charge on any atom is -0.370 e. The van der Waals surface area contributed by atoms with Gasteiger partial charge in [-0.1, -0.05) is 48.5 Å². The van der Waals surface area contributed by atoms with Crippen LogP contribution in [0.25, 0.3) is 11.1 Å². The van der Waals surface area contributed by atoms with Crippen molar-refractivity contribution in [3.63, 3.8) is 0 Å². The average Bonchev–Trinajstić information content (AvgIpc) is 2.62. The number of urea groups is 1. The normalized spacial score (nSPS) is 17.1. The molecule has 1 aliphatic heterocycles. The van der Waals surface area contributed by atoms with Gasteiger partial charge in [0.05, 0.1) is 5.69 Å². The number of para-hydroxylation sites is 1. The van der Waals surface area contributed by atoms with Gasteiger partial charge in [0, 0.05) is 25.1 Å². The molecule has 1 aliphatic rings. The van der Waals surface area contributed by atoms with Crippen molar-refractivity contribution in [2.24, 2.45) is 11.7 Å². The fourth-order valence-electron chi connectivity index (χ4n) is 3.36. The second-order valence-electron chi connectivity index (χ2n) is 6.47. The zero-order valence-corrected chi connectivity index (χ0v) is 14.2. The Balaban J connectivity index is 1.72. The first-order valence-electron chi connectivity index (χ1n) is 8.62. The molecule has 1 heterocycles. The Kier molecular flexibility index (Phi) is 5.33. The SMILES string of the molecule is NC(=O)C[C@@H]1CCCN(C(=O)Nc2ccccc2-c2ccccc2)C1. The molecule has 0 saturated carbocycles. The number of anilines is 1. The Bertz CT molecular complexity index is 746. The molecule has 0 bridgehead atoms. The fourth-order valence-corrected chi connectivity index (χ4v) is 3.36. The average molecular weight is 337 g/mol. The van der Waals surface area contributed by atoms with Gasteiger partial charge in [0.1, 0.15) is 0 Å². The third-order valence-corrected chi connectivity index (χ3v) is 4.55. The van der Waals surface area contributed by atoms with Crippen LogP contribution in [0.3, 0.4) is 0 Å². The number of hydrogen-bond acceptors (Lipinski definition) is 2. The van der Waals surface area contributed by atoms with Crippen LogP contribution in [0.1, 0.15) is 19.3 Å². The second-order valence-corrected chi connectivity index (χ2v) is 6.47. The smallest absolute Gasteiger partial charge is 0.321 e. The van der Waals surface area contributed by atoms with E-state index in [1.165, 1.54) is 0 Å². The van der Waals surface area contributed by atoms with Crippen LogP contribution in [0.4, 0.5) is 10.5 Å². The van der Waals surface area contributed by atoms with Crippen LogP contribution in [0.2, 0.25) is 0 Å². The molecular weight excluding hydrogens is 314 g/mol. The van der Waals surface area contributed by atoms with Crippen molar-refractivity contribution in [1.29, 1.82) is 0 Å². The van der Waals surface area contributed by atoms with Gasteiger partial charge in [-0.15, -0.1) is 0 Å². The van der Waals surface area contributed by atoms with E-state index in [-0.39, 0.29) is 17.9 Å². The summed E-state index contributed by atoms with van der Waals surface area (Å²) in [4.78, 5) is 25.6. The van der Waals surface area contributed by atoms with E-state index in [0.29, 0.717) is 19.5 Å². The van der Waals surface area contributed by atoms with Crippen LogP contribution < -0.4 is 11.1 Å². The predicted octanol–water partition coefficient (Wildman–Crippen LogP) is 3.47. The molecule has 0 aromatic heterocycles. The Morgan fingerprint density at radius 2 is 1.80 bits per heavy atom. The number of nitrogens with two attached hydrogens (primary N) is 1. The maximum absolute atomic E-state index is 12.7. The summed E-state index contributed by atoms with van der Waals surface area (Å²) in [5.41, 5.74) is 8.13. The van der Waals surface area contributed by atoms with Crippen molar-refractivity contribution in [2.75, 3.05) is 18.4 Å². The number of likely N-dealkylation sites (tertiary alicyclic amines) is 1. The highest BCUT2D eigenvalue weighted by molar-refractivity contribution is 5.94. The summed E-state index contributed by atoms with van der Waals surface area (Å²) in [6.07, 6.45) is 2.17. The first-order chi connectivity index (χ1) is 12.1. The molecule has 3 amide bonds. The van der Waals surface area contributed by atoms with Gasteiger partial charge in [0.15, 0.2) is 0 Å². The van der Waals surface area contributed by atoms with Gasteiger partial charge in [0.2, 0.25) is 5.91 Å². The topological polar surface area (TPSA) is 75.4 Å². The van der Waals surface area contributed by atoms with Crippen molar-refractivity contribution in [3.05, 3.63) is 54.6 Å². The summed E-state index contributed by atoms with van der Waals surface area (Å²) in [6.45, 7) is 1.27. The van der Waals surface area contributed by atoms with Crippen molar-refractivity contribution in [2.45, 2.75) is 19.3 Å². The molecule has 0 radical (unpaired) electrons. The molecule has 0 unspecified atom stereocenters. The molecule has 1 fully saturated rings. The molecule has 25 heavy (non-hydrogen) atoms. The predicted molar refractivity (Wildman–Crippen MR) is 99.0 cm³/mol. The number of carbonyl (C=O) groups is 2. The van der Waals surface area contributed by atoms with E-state index in [9.17, 15) is 9.59 Å². The molecule has 0 aliphatic carbocycles. The van der Waals surface area contributed by atoms with Crippen LogP contribution in [0.15, 0.2) is 54.6 Å². The molecule has 3 N–H and O–H groups in total. The number of rotatable bonds is 4. The van der Waals surface area contributed by atoms with Crippen molar-refractivity contribution in [3.8, 4) is 11.1 Å². The van der Waals surface area contributed by atoms with Crippen LogP contribution >= 0.6 is 0 Å². The molecule has 5 heteroatoms. The first-order valence-corrected chi connectivity index (χ1v) is 8.62. The number of amides is 3. The summed E-state index contributed by atoms with van der Waals surface area (Å²) >= 11 is 0. The fraction of sp³-hybridized carbons (Fsp3) is 0.300. The summed E-state index contributed by atoms with van der Waals surface area (Å²) in [6, 6.07) is 17.6. The number of nitrogens with one attached hydrogen (secondary N) is 1. The van der Waals surface area contributed by atoms with Gasteiger partial charge in [-0.25, -0.2) is 4.79 Å². The lowest BCUT2D eigenvalue weighted by Gasteiger charge is -2.32. The third-order valence-electron chi connectivity index (χ3n) is 4.55. The van der Waals surface area contributed by atoms with Crippen LogP contribution in [-0.2, 0) is 4.79 Å². The number of nitrogens with zero attached hydrogens (tertiary/aromatic N) is 1. The Labute approximate surface area is 147 Å². The molecule has 130 valence electrons. The largest absolute Gasteiger partial charge is 0.370 e. The van der Waals surface area contributed by atoms with Crippen molar-refractivity contribution >= 4 is 17.6 Å². The molecule has 2 aromatic carbocycles. The maximum Gasteiger partial charge on any atom is 0.321 e. The molecular formula is C20H23N3O2. The molecule has 1 saturated heterocycles. The number of piperidine rings is 1. The van der Waals surface area contributed by atoms with E-state index in [1.807, 2.05) is 54.6 Å². The first kappa shape index (κ1) is 17.0. The zero-order valence-electron chi connectivity index (χ0n) is 14.2. The number of hydrogen-bond donors (Lipinski definition) is 2. The Hall–Kier alpha value is -2.82. The van der Waals surface area contributed by atoms with Crippen molar-refractivity contribution in [1.82, 2.24) is 4.90 Å². The highest BCUT2D eigenvalue weighted by atomic mass is 16.2. The number of benzene rings is 2. The standard InChI is InChI=1S/C20H23N3O2/c21-19(24)13-15-7-6-12-23(14-15)20(25)22-18-11-5-4-10-17(18)16-8-2-1-3-9-16/h1-5,8-11,15H,6-7,12-14H2,(H2,21,24)(H,22,25)/t15-/m0/s1. The number of carbonyl (C=O) groups excluding carboxylic acids is 2. The molecule has 1 atom stereocenters. The lowest BCUT2D eigenvalue weighted by Crippen LogP contribution is -2.43. The van der Waals surface area contributed by atoms with E-state index in [1.54, 1.807) is 4.90 Å². The van der Waals surface area contributed by atoms with Gasteiger partial charge in [-0.05, 0) is 30.4 Å². The van der Waals surface area contributed by atoms with Gasteiger partial charge in [-0.2, -0.15) is 0 Å². The highest BCUT2D eigenvalue weighted by Gasteiger charge is 2.25. The van der Waals surface area contributed by atoms with Gasteiger partial charge < -0.3 is 16.0 Å². The molecule has 0 spiro atoms. The quantitative estimate of drug-likeness (QED) is 0.896. The lowest BCUT2D eigenvalue weighted by molar-refractivity contribution is -0.119. The Morgan fingerprint density at radius 1 is 1.08 bits per heavy atom. The summed E-state index contributed by atoms with van der Waals surface area (Å²) in [7, 11) is 0. The molecule has 3 rings (SSSR count). The molecule has 5 nitrogen and oxygen atoms in total. The van der Waals surface area contributed by atoms with E-state index in [4.69, 9.17) is 5.73 Å². The molecule has 2 aromatic rings. The maximum atomic E-state index is 12.7. The number of primary amides is 1. The van der Waals surface area contributed by atoms with E-state index in [2.05, 4.69) is 5.32 Å². The summed E-state index contributed by atoms with van der Waals surface area (Å²) < 4.78 is 0. The van der Waals surface area contributed by atoms with Gasteiger partial charge in [-0.3, -0.25) is 4.79 Å². The third kappa shape index (κ3) is 4.38. The highest BCUT2D eigenvalue weighted by Crippen LogP contribution is 2.28. The van der Waals surface area contributed by atoms with Gasteiger partial charge in [0.25, 0.3) is 0 Å². The van der Waals surface area contributed by atoms with Crippen LogP contribution in [-0.4, -0.2) is 29.9 Å². The minimum atomic E-state index is -0.304. The van der Waals surface area contributed by atoms with E-state index in [0.717, 1.165) is 29.7 Å². The van der Waals surface area contributed by atoms with Crippen LogP contribution in [0.5, 0.6) is 0 Å². The van der Waals surface area contributed by atoms with Gasteiger partial charge >= 0.3 is 6.03 Å². The zero-order chi connectivity index (χ0) is 17.6. The summed E-state index contributed by atoms with van der Waals surface area (Å²) in [5, 5.41) is 3.02. The van der Waals surface area contributed by atoms with E-state index >= 15 is 0 Å². The van der Waals surface area contributed by atoms with Crippen LogP contribution in [0, 0.1) is 5.92 Å². The van der Waals surface area contributed by atoms with E-state index < -0.39 is 0 Å². The summed E-state index contributed by atoms with van der Waals surface area (Å²) in [5.74, 6) is -0.150. The minimum absolute atomic E-state index is 0.127.